The van der Waals surface area contributed by atoms with Crippen LogP contribution >= 0.6 is 0 Å². The first-order valence-corrected chi connectivity index (χ1v) is 5.80. The predicted molar refractivity (Wildman–Crippen MR) is 60.1 cm³/mol. The van der Waals surface area contributed by atoms with E-state index in [4.69, 9.17) is 5.11 Å². The summed E-state index contributed by atoms with van der Waals surface area (Å²) in [5, 5.41) is 11.8. The molecular weight excluding hydrogens is 208 g/mol. The number of rotatable bonds is 5. The van der Waals surface area contributed by atoms with Crippen molar-refractivity contribution >= 4 is 11.9 Å². The Morgan fingerprint density at radius 2 is 2.25 bits per heavy atom. The Kier molecular flexibility index (Phi) is 4.73. The normalized spacial score (nSPS) is 23.0. The Balaban J connectivity index is 2.41. The highest BCUT2D eigenvalue weighted by molar-refractivity contribution is 5.80. The lowest BCUT2D eigenvalue weighted by Crippen LogP contribution is -2.44. The maximum Gasteiger partial charge on any atom is 0.320 e. The maximum atomic E-state index is 11.6. The van der Waals surface area contributed by atoms with Gasteiger partial charge in [0.15, 0.2) is 0 Å². The SMILES string of the molecule is CCC(C)NC(=O)CN1CCCC1C(=O)O. The van der Waals surface area contributed by atoms with Crippen molar-refractivity contribution in [3.05, 3.63) is 0 Å². The average molecular weight is 228 g/mol. The summed E-state index contributed by atoms with van der Waals surface area (Å²) in [5.74, 6) is -0.906. The van der Waals surface area contributed by atoms with Crippen molar-refractivity contribution in [1.29, 1.82) is 0 Å². The molecule has 2 atom stereocenters. The van der Waals surface area contributed by atoms with E-state index in [-0.39, 0.29) is 18.5 Å². The second-order valence-corrected chi connectivity index (χ2v) is 4.34. The van der Waals surface area contributed by atoms with Crippen molar-refractivity contribution in [2.24, 2.45) is 0 Å². The molecule has 0 aromatic carbocycles. The van der Waals surface area contributed by atoms with Gasteiger partial charge in [-0.15, -0.1) is 0 Å². The van der Waals surface area contributed by atoms with Crippen LogP contribution in [0.1, 0.15) is 33.1 Å². The van der Waals surface area contributed by atoms with E-state index in [1.165, 1.54) is 0 Å². The second-order valence-electron chi connectivity index (χ2n) is 4.34. The van der Waals surface area contributed by atoms with Crippen molar-refractivity contribution in [2.45, 2.75) is 45.2 Å². The Hall–Kier alpha value is -1.10. The predicted octanol–water partition coefficient (Wildman–Crippen LogP) is 0.450. The molecule has 1 saturated heterocycles. The summed E-state index contributed by atoms with van der Waals surface area (Å²) < 4.78 is 0. The molecule has 16 heavy (non-hydrogen) atoms. The van der Waals surface area contributed by atoms with Crippen molar-refractivity contribution in [3.63, 3.8) is 0 Å². The van der Waals surface area contributed by atoms with Crippen LogP contribution in [-0.4, -0.2) is 47.1 Å². The van der Waals surface area contributed by atoms with E-state index in [1.54, 1.807) is 4.90 Å². The van der Waals surface area contributed by atoms with E-state index in [2.05, 4.69) is 5.32 Å². The molecule has 5 nitrogen and oxygen atoms in total. The molecule has 1 amide bonds. The molecule has 0 bridgehead atoms. The molecule has 1 rings (SSSR count). The molecule has 1 fully saturated rings. The van der Waals surface area contributed by atoms with Gasteiger partial charge in [-0.3, -0.25) is 14.5 Å². The third-order valence-corrected chi connectivity index (χ3v) is 3.02. The van der Waals surface area contributed by atoms with Gasteiger partial charge in [-0.25, -0.2) is 0 Å². The van der Waals surface area contributed by atoms with E-state index in [0.29, 0.717) is 13.0 Å². The summed E-state index contributed by atoms with van der Waals surface area (Å²) in [6.45, 7) is 4.84. The number of nitrogens with zero attached hydrogens (tertiary/aromatic N) is 1. The van der Waals surface area contributed by atoms with Crippen LogP contribution in [-0.2, 0) is 9.59 Å². The third-order valence-electron chi connectivity index (χ3n) is 3.02. The molecule has 0 aliphatic carbocycles. The standard InChI is InChI=1S/C11H20N2O3/c1-3-8(2)12-10(14)7-13-6-4-5-9(13)11(15)16/h8-9H,3-7H2,1-2H3,(H,12,14)(H,15,16). The molecule has 0 spiro atoms. The summed E-state index contributed by atoms with van der Waals surface area (Å²) in [4.78, 5) is 24.2. The Morgan fingerprint density at radius 1 is 1.56 bits per heavy atom. The lowest BCUT2D eigenvalue weighted by atomic mass is 10.2. The zero-order chi connectivity index (χ0) is 12.1. The highest BCUT2D eigenvalue weighted by Gasteiger charge is 2.31. The van der Waals surface area contributed by atoms with Gasteiger partial charge in [0.05, 0.1) is 6.54 Å². The number of amides is 1. The molecule has 0 aromatic heterocycles. The molecule has 1 aliphatic heterocycles. The van der Waals surface area contributed by atoms with E-state index in [0.717, 1.165) is 12.8 Å². The fraction of sp³-hybridized carbons (Fsp3) is 0.818. The van der Waals surface area contributed by atoms with Gasteiger partial charge in [0.25, 0.3) is 0 Å². The van der Waals surface area contributed by atoms with Gasteiger partial charge in [-0.2, -0.15) is 0 Å². The molecule has 2 unspecified atom stereocenters. The first kappa shape index (κ1) is 13.0. The minimum Gasteiger partial charge on any atom is -0.480 e. The summed E-state index contributed by atoms with van der Waals surface area (Å²) in [7, 11) is 0. The number of carbonyl (C=O) groups excluding carboxylic acids is 1. The topological polar surface area (TPSA) is 69.6 Å². The minimum atomic E-state index is -0.825. The van der Waals surface area contributed by atoms with Gasteiger partial charge in [0.2, 0.25) is 5.91 Å². The first-order chi connectivity index (χ1) is 7.54. The van der Waals surface area contributed by atoms with Crippen LogP contribution in [0.5, 0.6) is 0 Å². The molecule has 0 saturated carbocycles. The smallest absolute Gasteiger partial charge is 0.320 e. The molecule has 0 radical (unpaired) electrons. The van der Waals surface area contributed by atoms with Gasteiger partial charge in [-0.1, -0.05) is 6.92 Å². The molecular formula is C11H20N2O3. The second kappa shape index (κ2) is 5.84. The fourth-order valence-electron chi connectivity index (χ4n) is 1.90. The van der Waals surface area contributed by atoms with Crippen molar-refractivity contribution in [3.8, 4) is 0 Å². The van der Waals surface area contributed by atoms with Crippen LogP contribution in [0.3, 0.4) is 0 Å². The van der Waals surface area contributed by atoms with Gasteiger partial charge in [0, 0.05) is 6.04 Å². The van der Waals surface area contributed by atoms with Crippen molar-refractivity contribution in [2.75, 3.05) is 13.1 Å². The number of carboxylic acids is 1. The average Bonchev–Trinajstić information content (AvgIpc) is 2.65. The maximum absolute atomic E-state index is 11.6. The summed E-state index contributed by atoms with van der Waals surface area (Å²) in [5.41, 5.74) is 0. The third kappa shape index (κ3) is 3.48. The van der Waals surface area contributed by atoms with E-state index >= 15 is 0 Å². The van der Waals surface area contributed by atoms with Crippen molar-refractivity contribution < 1.29 is 14.7 Å². The number of hydrogen-bond acceptors (Lipinski definition) is 3. The van der Waals surface area contributed by atoms with Gasteiger partial charge >= 0.3 is 5.97 Å². The van der Waals surface area contributed by atoms with Crippen LogP contribution in [0, 0.1) is 0 Å². The molecule has 1 aliphatic rings. The van der Waals surface area contributed by atoms with Crippen LogP contribution in [0.15, 0.2) is 0 Å². The number of hydrogen-bond donors (Lipinski definition) is 2. The summed E-state index contributed by atoms with van der Waals surface area (Å²) in [6, 6.07) is -0.332. The van der Waals surface area contributed by atoms with Gasteiger partial charge in [-0.05, 0) is 32.7 Å². The van der Waals surface area contributed by atoms with Crippen LogP contribution < -0.4 is 5.32 Å². The zero-order valence-corrected chi connectivity index (χ0v) is 9.90. The largest absolute Gasteiger partial charge is 0.480 e. The molecule has 92 valence electrons. The van der Waals surface area contributed by atoms with Crippen molar-refractivity contribution in [1.82, 2.24) is 10.2 Å². The monoisotopic (exact) mass is 228 g/mol. The lowest BCUT2D eigenvalue weighted by Gasteiger charge is -2.21. The highest BCUT2D eigenvalue weighted by Crippen LogP contribution is 2.16. The number of carbonyl (C=O) groups is 2. The molecule has 5 heteroatoms. The van der Waals surface area contributed by atoms with E-state index in [9.17, 15) is 9.59 Å². The Labute approximate surface area is 95.8 Å². The highest BCUT2D eigenvalue weighted by atomic mass is 16.4. The summed E-state index contributed by atoms with van der Waals surface area (Å²) in [6.07, 6.45) is 2.38. The first-order valence-electron chi connectivity index (χ1n) is 5.80. The number of carboxylic acid groups (broad SMARTS) is 1. The van der Waals surface area contributed by atoms with E-state index in [1.807, 2.05) is 13.8 Å². The Bertz CT molecular complexity index is 268. The van der Waals surface area contributed by atoms with E-state index < -0.39 is 12.0 Å². The zero-order valence-electron chi connectivity index (χ0n) is 9.90. The molecule has 1 heterocycles. The van der Waals surface area contributed by atoms with Gasteiger partial charge in [0.1, 0.15) is 6.04 Å². The van der Waals surface area contributed by atoms with Crippen LogP contribution in [0.2, 0.25) is 0 Å². The molecule has 2 N–H and O–H groups in total. The van der Waals surface area contributed by atoms with Crippen LogP contribution in [0.4, 0.5) is 0 Å². The Morgan fingerprint density at radius 3 is 2.81 bits per heavy atom. The fourth-order valence-corrected chi connectivity index (χ4v) is 1.90. The van der Waals surface area contributed by atoms with Gasteiger partial charge < -0.3 is 10.4 Å². The number of likely N-dealkylation sites (tertiary alicyclic amines) is 1. The number of aliphatic carboxylic acids is 1. The number of nitrogens with one attached hydrogen (secondary N) is 1. The van der Waals surface area contributed by atoms with Crippen LogP contribution in [0.25, 0.3) is 0 Å². The quantitative estimate of drug-likeness (QED) is 0.717. The lowest BCUT2D eigenvalue weighted by molar-refractivity contribution is -0.142. The minimum absolute atomic E-state index is 0.0810. The summed E-state index contributed by atoms with van der Waals surface area (Å²) >= 11 is 0. The molecule has 0 aromatic rings.